The Balaban J connectivity index is 1.64. The summed E-state index contributed by atoms with van der Waals surface area (Å²) >= 11 is 15.8. The van der Waals surface area contributed by atoms with E-state index in [9.17, 15) is 0 Å². The van der Waals surface area contributed by atoms with Gasteiger partial charge in [0.15, 0.2) is 11.5 Å². The summed E-state index contributed by atoms with van der Waals surface area (Å²) in [5.74, 6) is 1.43. The third-order valence-corrected chi connectivity index (χ3v) is 6.68. The van der Waals surface area contributed by atoms with E-state index in [-0.39, 0.29) is 0 Å². The Kier molecular flexibility index (Phi) is 9.14. The highest BCUT2D eigenvalue weighted by molar-refractivity contribution is 9.10. The number of halogens is 3. The van der Waals surface area contributed by atoms with Crippen molar-refractivity contribution in [1.82, 2.24) is 10.2 Å². The van der Waals surface area contributed by atoms with E-state index in [4.69, 9.17) is 32.7 Å². The van der Waals surface area contributed by atoms with Gasteiger partial charge in [-0.15, -0.1) is 0 Å². The first-order valence-electron chi connectivity index (χ1n) is 10.5. The molecule has 1 aliphatic heterocycles. The van der Waals surface area contributed by atoms with Crippen molar-refractivity contribution >= 4 is 39.1 Å². The normalized spacial score (nSPS) is 16.8. The van der Waals surface area contributed by atoms with E-state index < -0.39 is 0 Å². The number of likely N-dealkylation sites (tertiary alicyclic amines) is 1. The molecule has 0 saturated carbocycles. The van der Waals surface area contributed by atoms with E-state index >= 15 is 0 Å². The lowest BCUT2D eigenvalue weighted by molar-refractivity contribution is 0.259. The number of hydrogen-bond acceptors (Lipinski definition) is 4. The Hall–Kier alpha value is -0.980. The average Bonchev–Trinajstić information content (AvgIpc) is 3.18. The quantitative estimate of drug-likeness (QED) is 0.402. The second-order valence-electron chi connectivity index (χ2n) is 7.43. The Labute approximate surface area is 198 Å². The summed E-state index contributed by atoms with van der Waals surface area (Å²) in [5.41, 5.74) is 2.11. The van der Waals surface area contributed by atoms with Gasteiger partial charge >= 0.3 is 0 Å². The van der Waals surface area contributed by atoms with Crippen molar-refractivity contribution in [2.75, 3.05) is 26.2 Å². The molecule has 2 aromatic carbocycles. The molecule has 1 aliphatic rings. The first kappa shape index (κ1) is 23.7. The third-order valence-electron chi connectivity index (χ3n) is 5.35. The molecule has 0 bridgehead atoms. The number of rotatable bonds is 10. The van der Waals surface area contributed by atoms with Crippen LogP contribution in [-0.4, -0.2) is 37.2 Å². The van der Waals surface area contributed by atoms with Crippen LogP contribution in [0.5, 0.6) is 11.5 Å². The van der Waals surface area contributed by atoms with Crippen LogP contribution >= 0.6 is 39.1 Å². The van der Waals surface area contributed by atoms with Crippen LogP contribution < -0.4 is 14.8 Å². The third kappa shape index (κ3) is 6.27. The SMILES string of the molecule is CCOc1cc(CNCC2CCCN2CC)cc(Br)c1OCc1ccc(Cl)c(Cl)c1. The fourth-order valence-electron chi connectivity index (χ4n) is 3.84. The maximum Gasteiger partial charge on any atom is 0.175 e. The molecular weight excluding hydrogens is 487 g/mol. The largest absolute Gasteiger partial charge is 0.490 e. The number of hydrogen-bond donors (Lipinski definition) is 1. The van der Waals surface area contributed by atoms with Gasteiger partial charge in [-0.25, -0.2) is 0 Å². The molecule has 1 atom stereocenters. The molecule has 1 N–H and O–H groups in total. The van der Waals surface area contributed by atoms with Crippen molar-refractivity contribution in [3.8, 4) is 11.5 Å². The van der Waals surface area contributed by atoms with Crippen LogP contribution in [0.1, 0.15) is 37.8 Å². The van der Waals surface area contributed by atoms with Crippen LogP contribution in [0, 0.1) is 0 Å². The molecule has 30 heavy (non-hydrogen) atoms. The van der Waals surface area contributed by atoms with Gasteiger partial charge in [-0.1, -0.05) is 36.2 Å². The lowest BCUT2D eigenvalue weighted by Crippen LogP contribution is -2.37. The molecule has 0 amide bonds. The molecule has 7 heteroatoms. The molecule has 3 rings (SSSR count). The van der Waals surface area contributed by atoms with E-state index in [1.807, 2.05) is 19.1 Å². The summed E-state index contributed by atoms with van der Waals surface area (Å²) in [6, 6.07) is 10.3. The average molecular weight is 516 g/mol. The molecule has 0 aliphatic carbocycles. The highest BCUT2D eigenvalue weighted by atomic mass is 79.9. The molecule has 1 unspecified atom stereocenters. The van der Waals surface area contributed by atoms with Crippen molar-refractivity contribution in [1.29, 1.82) is 0 Å². The van der Waals surface area contributed by atoms with Gasteiger partial charge in [-0.05, 0) is 84.2 Å². The van der Waals surface area contributed by atoms with Crippen LogP contribution in [0.15, 0.2) is 34.8 Å². The fraction of sp³-hybridized carbons (Fsp3) is 0.478. The van der Waals surface area contributed by atoms with Gasteiger partial charge in [0.05, 0.1) is 21.1 Å². The summed E-state index contributed by atoms with van der Waals surface area (Å²) < 4.78 is 12.8. The molecule has 1 heterocycles. The molecule has 0 aromatic heterocycles. The highest BCUT2D eigenvalue weighted by Crippen LogP contribution is 2.37. The molecule has 1 saturated heterocycles. The Morgan fingerprint density at radius 2 is 1.93 bits per heavy atom. The Morgan fingerprint density at radius 3 is 2.67 bits per heavy atom. The lowest BCUT2D eigenvalue weighted by Gasteiger charge is -2.23. The summed E-state index contributed by atoms with van der Waals surface area (Å²) in [6.45, 7) is 9.29. The second kappa shape index (κ2) is 11.6. The lowest BCUT2D eigenvalue weighted by atomic mass is 10.1. The zero-order valence-electron chi connectivity index (χ0n) is 17.5. The van der Waals surface area contributed by atoms with Gasteiger partial charge in [-0.2, -0.15) is 0 Å². The second-order valence-corrected chi connectivity index (χ2v) is 9.10. The van der Waals surface area contributed by atoms with E-state index in [1.165, 1.54) is 19.4 Å². The monoisotopic (exact) mass is 514 g/mol. The Bertz CT molecular complexity index is 850. The predicted molar refractivity (Wildman–Crippen MR) is 128 cm³/mol. The summed E-state index contributed by atoms with van der Waals surface area (Å²) in [4.78, 5) is 2.55. The van der Waals surface area contributed by atoms with Crippen LogP contribution in [0.3, 0.4) is 0 Å². The molecule has 2 aromatic rings. The van der Waals surface area contributed by atoms with Crippen LogP contribution in [0.25, 0.3) is 0 Å². The summed E-state index contributed by atoms with van der Waals surface area (Å²) in [7, 11) is 0. The molecule has 4 nitrogen and oxygen atoms in total. The van der Waals surface area contributed by atoms with E-state index in [0.29, 0.717) is 35.1 Å². The van der Waals surface area contributed by atoms with Gasteiger partial charge in [0, 0.05) is 19.1 Å². The summed E-state index contributed by atoms with van der Waals surface area (Å²) in [6.07, 6.45) is 2.57. The minimum absolute atomic E-state index is 0.377. The topological polar surface area (TPSA) is 33.7 Å². The van der Waals surface area contributed by atoms with Gasteiger partial charge in [0.2, 0.25) is 0 Å². The number of benzene rings is 2. The van der Waals surface area contributed by atoms with Gasteiger partial charge in [-0.3, -0.25) is 4.90 Å². The van der Waals surface area contributed by atoms with Crippen molar-refractivity contribution in [3.63, 3.8) is 0 Å². The molecule has 1 fully saturated rings. The maximum atomic E-state index is 6.11. The molecule has 164 valence electrons. The standard InChI is InChI=1S/C23H29BrCl2N2O2/c1-3-28-9-5-6-18(28)14-27-13-17-10-19(24)23(22(12-17)29-4-2)30-15-16-7-8-20(25)21(26)11-16/h7-8,10-12,18,27H,3-6,9,13-15H2,1-2H3. The van der Waals surface area contributed by atoms with Gasteiger partial charge in [0.25, 0.3) is 0 Å². The minimum Gasteiger partial charge on any atom is -0.490 e. The number of nitrogens with one attached hydrogen (secondary N) is 1. The summed E-state index contributed by atoms with van der Waals surface area (Å²) in [5, 5.41) is 4.66. The molecule has 0 spiro atoms. The Morgan fingerprint density at radius 1 is 1.10 bits per heavy atom. The van der Waals surface area contributed by atoms with Crippen LogP contribution in [0.4, 0.5) is 0 Å². The maximum absolute atomic E-state index is 6.11. The van der Waals surface area contributed by atoms with E-state index in [1.54, 1.807) is 6.07 Å². The predicted octanol–water partition coefficient (Wildman–Crippen LogP) is 6.31. The highest BCUT2D eigenvalue weighted by Gasteiger charge is 2.22. The molecule has 0 radical (unpaired) electrons. The van der Waals surface area contributed by atoms with Crippen molar-refractivity contribution < 1.29 is 9.47 Å². The fourth-order valence-corrected chi connectivity index (χ4v) is 4.76. The van der Waals surface area contributed by atoms with Crippen LogP contribution in [0.2, 0.25) is 10.0 Å². The zero-order chi connectivity index (χ0) is 21.5. The van der Waals surface area contributed by atoms with Gasteiger partial charge in [0.1, 0.15) is 6.61 Å². The number of ether oxygens (including phenoxy) is 2. The smallest absolute Gasteiger partial charge is 0.175 e. The van der Waals surface area contributed by atoms with Gasteiger partial charge < -0.3 is 14.8 Å². The first-order chi connectivity index (χ1) is 14.5. The minimum atomic E-state index is 0.377. The van der Waals surface area contributed by atoms with E-state index in [2.05, 4.69) is 45.2 Å². The van der Waals surface area contributed by atoms with Crippen molar-refractivity contribution in [2.45, 2.75) is 45.9 Å². The van der Waals surface area contributed by atoms with Crippen molar-refractivity contribution in [3.05, 3.63) is 56.0 Å². The number of nitrogens with zero attached hydrogens (tertiary/aromatic N) is 1. The van der Waals surface area contributed by atoms with Crippen LogP contribution in [-0.2, 0) is 13.2 Å². The molecular formula is C23H29BrCl2N2O2. The number of likely N-dealkylation sites (N-methyl/N-ethyl adjacent to an activating group) is 1. The van der Waals surface area contributed by atoms with E-state index in [0.717, 1.165) is 41.0 Å². The first-order valence-corrected chi connectivity index (χ1v) is 12.0. The van der Waals surface area contributed by atoms with Crippen molar-refractivity contribution in [2.24, 2.45) is 0 Å². The zero-order valence-corrected chi connectivity index (χ0v) is 20.6.